The van der Waals surface area contributed by atoms with Crippen LogP contribution in [0.25, 0.3) is 38.4 Å². The third-order valence-corrected chi connectivity index (χ3v) is 13.5. The number of halogens is 2. The standard InChI is InChI=1S/C28H18ClNO2.C24H17ClN2O2.C11H12N2O2/c1-17-22-16-20-9-5-6-10-24(20)30-26(22)28(32)25(27(17)31)21-14-13-19(15-23(21)29)12-11-18-7-3-2-4-8-18;1-2-26-21-11-7-6-10-19(21)23(28)27(24(26)29)22-15-14-18(16-20(22)25)13-12-17-8-4-3-5-9-17;1-7(2)13-9-6-4-3-5-8(9)10(14)12-11(13)15/h2-10,13-17,25H,1H3;3-11,14-16H,2H2,1H3;3-7H,1-2H3,(H,12,14,15). The van der Waals surface area contributed by atoms with Crippen LogP contribution < -0.4 is 22.5 Å². The average Bonchev–Trinajstić information content (AvgIpc) is 3.45. The van der Waals surface area contributed by atoms with Gasteiger partial charge in [0.15, 0.2) is 11.6 Å². The Morgan fingerprint density at radius 2 is 1.14 bits per heavy atom. The van der Waals surface area contributed by atoms with Crippen molar-refractivity contribution in [2.24, 2.45) is 0 Å². The van der Waals surface area contributed by atoms with E-state index in [1.54, 1.807) is 81.9 Å². The SMILES string of the molecule is CC(C)n1c(=O)[nH]c(=O)c2ccccc21.CC1C(=O)C(c2ccc(C#Cc3ccccc3)cc2Cl)C(=O)c2nc3ccccc3cc21.CCn1c(=O)n(-c2ccc(C#Cc3ccccc3)cc2Cl)c(=O)c2ccccc21. The summed E-state index contributed by atoms with van der Waals surface area (Å²) in [6.07, 6.45) is 0. The van der Waals surface area contributed by atoms with Gasteiger partial charge in [0.05, 0.1) is 38.0 Å². The van der Waals surface area contributed by atoms with Gasteiger partial charge in [-0.15, -0.1) is 0 Å². The molecule has 1 aliphatic rings. The van der Waals surface area contributed by atoms with E-state index in [0.29, 0.717) is 66.5 Å². The number of nitrogens with one attached hydrogen (secondary N) is 1. The summed E-state index contributed by atoms with van der Waals surface area (Å²) in [5.41, 5.74) is 5.63. The molecule has 10 aromatic rings. The lowest BCUT2D eigenvalue weighted by atomic mass is 9.74. The van der Waals surface area contributed by atoms with Crippen LogP contribution in [0.3, 0.4) is 0 Å². The third kappa shape index (κ3) is 10.6. The molecule has 0 radical (unpaired) electrons. The van der Waals surface area contributed by atoms with Gasteiger partial charge < -0.3 is 0 Å². The highest BCUT2D eigenvalue weighted by Gasteiger charge is 2.42. The second kappa shape index (κ2) is 22.6. The molecular formula is C63H47Cl2N5O6. The summed E-state index contributed by atoms with van der Waals surface area (Å²) in [5.74, 6) is 10.4. The summed E-state index contributed by atoms with van der Waals surface area (Å²) in [4.78, 5) is 82.7. The lowest BCUT2D eigenvalue weighted by Gasteiger charge is -2.27. The van der Waals surface area contributed by atoms with E-state index < -0.39 is 17.5 Å². The number of aryl methyl sites for hydroxylation is 1. The van der Waals surface area contributed by atoms with Gasteiger partial charge >= 0.3 is 11.4 Å². The highest BCUT2D eigenvalue weighted by molar-refractivity contribution is 6.33. The van der Waals surface area contributed by atoms with Crippen molar-refractivity contribution in [1.82, 2.24) is 23.7 Å². The molecule has 3 heterocycles. The Labute approximate surface area is 446 Å². The molecule has 3 aromatic heterocycles. The smallest absolute Gasteiger partial charge is 0.298 e. The average molecular weight is 1040 g/mol. The van der Waals surface area contributed by atoms with E-state index in [0.717, 1.165) is 32.2 Å². The van der Waals surface area contributed by atoms with Gasteiger partial charge in [0.25, 0.3) is 11.1 Å². The Kier molecular flexibility index (Phi) is 15.4. The number of benzene rings is 7. The normalized spacial score (nSPS) is 13.6. The second-order valence-corrected chi connectivity index (χ2v) is 18.9. The number of H-pyrrole nitrogens is 1. The van der Waals surface area contributed by atoms with Crippen molar-refractivity contribution in [2.45, 2.75) is 52.1 Å². The molecule has 76 heavy (non-hydrogen) atoms. The van der Waals surface area contributed by atoms with Gasteiger partial charge in [-0.2, -0.15) is 0 Å². The zero-order valence-corrected chi connectivity index (χ0v) is 43.2. The monoisotopic (exact) mass is 1040 g/mol. The Hall–Kier alpha value is -9.13. The van der Waals surface area contributed by atoms with Crippen LogP contribution >= 0.6 is 23.2 Å². The van der Waals surface area contributed by atoms with Crippen LogP contribution in [-0.4, -0.2) is 35.2 Å². The fraction of sp³-hybridized carbons (Fsp3) is 0.127. The van der Waals surface area contributed by atoms with Gasteiger partial charge in [-0.3, -0.25) is 33.3 Å². The highest BCUT2D eigenvalue weighted by Crippen LogP contribution is 2.40. The molecule has 7 aromatic carbocycles. The van der Waals surface area contributed by atoms with Crippen molar-refractivity contribution < 1.29 is 9.59 Å². The van der Waals surface area contributed by atoms with Crippen molar-refractivity contribution in [2.75, 3.05) is 0 Å². The molecule has 2 atom stereocenters. The van der Waals surface area contributed by atoms with E-state index in [2.05, 4.69) is 33.6 Å². The minimum atomic E-state index is -0.963. The zero-order chi connectivity index (χ0) is 53.6. The predicted octanol–water partition coefficient (Wildman–Crippen LogP) is 11.4. The first-order valence-corrected chi connectivity index (χ1v) is 25.2. The Balaban J connectivity index is 0.000000148. The summed E-state index contributed by atoms with van der Waals surface area (Å²) >= 11 is 13.0. The van der Waals surface area contributed by atoms with Gasteiger partial charge in [-0.05, 0) is 123 Å². The van der Waals surface area contributed by atoms with Gasteiger partial charge in [0.1, 0.15) is 11.6 Å². The lowest BCUT2D eigenvalue weighted by molar-refractivity contribution is -0.120. The van der Waals surface area contributed by atoms with Crippen LogP contribution in [0, 0.1) is 23.7 Å². The van der Waals surface area contributed by atoms with Gasteiger partial charge in [-0.25, -0.2) is 19.1 Å². The van der Waals surface area contributed by atoms with Crippen LogP contribution in [-0.2, 0) is 11.3 Å². The second-order valence-electron chi connectivity index (χ2n) is 18.1. The Bertz CT molecular complexity index is 4290. The van der Waals surface area contributed by atoms with E-state index in [-0.39, 0.29) is 34.4 Å². The number of ketones is 2. The maximum absolute atomic E-state index is 13.4. The third-order valence-electron chi connectivity index (χ3n) is 12.9. The molecule has 11 nitrogen and oxygen atoms in total. The highest BCUT2D eigenvalue weighted by atomic mass is 35.5. The summed E-state index contributed by atoms with van der Waals surface area (Å²) in [6.45, 7) is 7.95. The summed E-state index contributed by atoms with van der Waals surface area (Å²) in [6, 6.07) is 53.3. The molecular weight excluding hydrogens is 994 g/mol. The number of rotatable bonds is 4. The first-order chi connectivity index (χ1) is 36.7. The van der Waals surface area contributed by atoms with Crippen LogP contribution in [0.1, 0.15) is 89.4 Å². The molecule has 11 rings (SSSR count). The Morgan fingerprint density at radius 3 is 1.76 bits per heavy atom. The number of carbonyl (C=O) groups is 2. The molecule has 13 heteroatoms. The first kappa shape index (κ1) is 51.8. The molecule has 1 aliphatic carbocycles. The van der Waals surface area contributed by atoms with Gasteiger partial charge in [0.2, 0.25) is 0 Å². The molecule has 0 amide bonds. The minimum absolute atomic E-state index is 0.0271. The number of fused-ring (bicyclic) bond motifs is 4. The number of Topliss-reactive ketones (excluding diaryl/α,β-unsaturated/α-hetero) is 2. The number of carbonyl (C=O) groups excluding carboxylic acids is 2. The Morgan fingerprint density at radius 1 is 0.592 bits per heavy atom. The molecule has 1 N–H and O–H groups in total. The van der Waals surface area contributed by atoms with Crippen molar-refractivity contribution in [1.29, 1.82) is 0 Å². The van der Waals surface area contributed by atoms with E-state index in [1.165, 1.54) is 0 Å². The molecule has 0 aliphatic heterocycles. The number of aromatic amines is 1. The van der Waals surface area contributed by atoms with Crippen LogP contribution in [0.4, 0.5) is 0 Å². The van der Waals surface area contributed by atoms with Crippen molar-refractivity contribution in [3.05, 3.63) is 267 Å². The maximum atomic E-state index is 13.4. The molecule has 0 saturated heterocycles. The molecule has 0 saturated carbocycles. The molecule has 0 bridgehead atoms. The van der Waals surface area contributed by atoms with Crippen molar-refractivity contribution in [3.63, 3.8) is 0 Å². The topological polar surface area (TPSA) is 146 Å². The lowest BCUT2D eigenvalue weighted by Crippen LogP contribution is -2.38. The largest absolute Gasteiger partial charge is 0.336 e. The molecule has 2 unspecified atom stereocenters. The van der Waals surface area contributed by atoms with Crippen molar-refractivity contribution >= 4 is 67.5 Å². The van der Waals surface area contributed by atoms with Crippen LogP contribution in [0.15, 0.2) is 195 Å². The van der Waals surface area contributed by atoms with Gasteiger partial charge in [-0.1, -0.05) is 139 Å². The fourth-order valence-electron chi connectivity index (χ4n) is 9.12. The van der Waals surface area contributed by atoms with E-state index in [9.17, 15) is 28.8 Å². The predicted molar refractivity (Wildman–Crippen MR) is 302 cm³/mol. The molecule has 374 valence electrons. The summed E-state index contributed by atoms with van der Waals surface area (Å²) < 4.78 is 4.27. The number of hydrogen-bond acceptors (Lipinski definition) is 7. The number of pyridine rings is 1. The number of hydrogen-bond donors (Lipinski definition) is 1. The number of para-hydroxylation sites is 3. The van der Waals surface area contributed by atoms with Crippen LogP contribution in [0.5, 0.6) is 0 Å². The minimum Gasteiger partial charge on any atom is -0.298 e. The number of aromatic nitrogens is 5. The van der Waals surface area contributed by atoms with E-state index in [4.69, 9.17) is 23.2 Å². The van der Waals surface area contributed by atoms with E-state index in [1.807, 2.05) is 131 Å². The summed E-state index contributed by atoms with van der Waals surface area (Å²) in [7, 11) is 0. The summed E-state index contributed by atoms with van der Waals surface area (Å²) in [5, 5.41) is 2.58. The first-order valence-electron chi connectivity index (χ1n) is 24.4. The van der Waals surface area contributed by atoms with Gasteiger partial charge in [0, 0.05) is 51.2 Å². The quantitative estimate of drug-likeness (QED) is 0.136. The maximum Gasteiger partial charge on any atom is 0.336 e. The van der Waals surface area contributed by atoms with E-state index >= 15 is 0 Å². The van der Waals surface area contributed by atoms with Crippen LogP contribution in [0.2, 0.25) is 10.0 Å². The fourth-order valence-corrected chi connectivity index (χ4v) is 9.68. The molecule has 0 fully saturated rings. The zero-order valence-electron chi connectivity index (χ0n) is 41.7. The van der Waals surface area contributed by atoms with Crippen molar-refractivity contribution in [3.8, 4) is 29.4 Å². The number of nitrogens with zero attached hydrogens (tertiary/aromatic N) is 4. The molecule has 0 spiro atoms.